The van der Waals surface area contributed by atoms with E-state index in [2.05, 4.69) is 21.8 Å². The second-order valence-electron chi connectivity index (χ2n) is 4.85. The summed E-state index contributed by atoms with van der Waals surface area (Å²) in [5, 5.41) is 9.79. The van der Waals surface area contributed by atoms with Gasteiger partial charge < -0.3 is 10.0 Å². The van der Waals surface area contributed by atoms with Gasteiger partial charge in [0.15, 0.2) is 0 Å². The van der Waals surface area contributed by atoms with Crippen molar-refractivity contribution in [2.24, 2.45) is 0 Å². The normalized spacial score (nSPS) is 19.2. The minimum Gasteiger partial charge on any atom is -0.506 e. The molecule has 4 heteroatoms. The molecule has 17 heavy (non-hydrogen) atoms. The molecule has 94 valence electrons. The highest BCUT2D eigenvalue weighted by Gasteiger charge is 2.14. The van der Waals surface area contributed by atoms with E-state index in [4.69, 9.17) is 0 Å². The molecular weight excluding hydrogens is 214 g/mol. The first-order chi connectivity index (χ1) is 8.15. The highest BCUT2D eigenvalue weighted by Crippen LogP contribution is 2.17. The van der Waals surface area contributed by atoms with Crippen LogP contribution in [0.2, 0.25) is 0 Å². The van der Waals surface area contributed by atoms with E-state index in [0.29, 0.717) is 5.75 Å². The molecule has 0 unspecified atom stereocenters. The average Bonchev–Trinajstić information content (AvgIpc) is 2.49. The zero-order chi connectivity index (χ0) is 12.3. The van der Waals surface area contributed by atoms with E-state index in [-0.39, 0.29) is 0 Å². The van der Waals surface area contributed by atoms with Gasteiger partial charge >= 0.3 is 0 Å². The molecule has 0 radical (unpaired) electrons. The predicted octanol–water partition coefficient (Wildman–Crippen LogP) is 1.23. The van der Waals surface area contributed by atoms with Crippen molar-refractivity contribution in [2.45, 2.75) is 19.9 Å². The summed E-state index contributed by atoms with van der Waals surface area (Å²) >= 11 is 0. The monoisotopic (exact) mass is 235 g/mol. The Morgan fingerprint density at radius 2 is 2.06 bits per heavy atom. The van der Waals surface area contributed by atoms with Crippen molar-refractivity contribution in [1.82, 2.24) is 14.8 Å². The van der Waals surface area contributed by atoms with Gasteiger partial charge in [-0.1, -0.05) is 0 Å². The van der Waals surface area contributed by atoms with Crippen molar-refractivity contribution in [1.29, 1.82) is 0 Å². The number of hydrogen-bond donors (Lipinski definition) is 1. The van der Waals surface area contributed by atoms with Gasteiger partial charge in [-0.25, -0.2) is 0 Å². The number of aryl methyl sites for hydroxylation is 1. The number of aromatic nitrogens is 1. The third kappa shape index (κ3) is 3.41. The Balaban J connectivity index is 2.02. The molecule has 1 aromatic rings. The van der Waals surface area contributed by atoms with Gasteiger partial charge in [0.2, 0.25) is 0 Å². The van der Waals surface area contributed by atoms with Crippen LogP contribution in [-0.2, 0) is 6.54 Å². The minimum absolute atomic E-state index is 0.313. The van der Waals surface area contributed by atoms with Crippen molar-refractivity contribution >= 4 is 0 Å². The van der Waals surface area contributed by atoms with Crippen molar-refractivity contribution in [3.05, 3.63) is 23.5 Å². The smallest absolute Gasteiger partial charge is 0.138 e. The summed E-state index contributed by atoms with van der Waals surface area (Å²) < 4.78 is 0. The maximum atomic E-state index is 9.79. The van der Waals surface area contributed by atoms with Crippen molar-refractivity contribution in [2.75, 3.05) is 33.2 Å². The van der Waals surface area contributed by atoms with E-state index in [9.17, 15) is 5.11 Å². The lowest BCUT2D eigenvalue weighted by atomic mass is 10.2. The molecular formula is C13H21N3O. The van der Waals surface area contributed by atoms with Gasteiger partial charge in [-0.2, -0.15) is 0 Å². The van der Waals surface area contributed by atoms with Gasteiger partial charge in [0.25, 0.3) is 0 Å². The highest BCUT2D eigenvalue weighted by atomic mass is 16.3. The summed E-state index contributed by atoms with van der Waals surface area (Å²) in [7, 11) is 2.16. The largest absolute Gasteiger partial charge is 0.506 e. The van der Waals surface area contributed by atoms with Gasteiger partial charge in [0.1, 0.15) is 5.75 Å². The molecule has 0 aromatic carbocycles. The summed E-state index contributed by atoms with van der Waals surface area (Å²) in [5.41, 5.74) is 1.76. The van der Waals surface area contributed by atoms with E-state index in [0.717, 1.165) is 44.1 Å². The Hall–Kier alpha value is -1.13. The van der Waals surface area contributed by atoms with Crippen molar-refractivity contribution in [3.8, 4) is 5.75 Å². The van der Waals surface area contributed by atoms with Crippen LogP contribution >= 0.6 is 0 Å². The maximum absolute atomic E-state index is 9.79. The average molecular weight is 235 g/mol. The second kappa shape index (κ2) is 5.47. The van der Waals surface area contributed by atoms with E-state index < -0.39 is 0 Å². The third-order valence-electron chi connectivity index (χ3n) is 3.27. The molecule has 1 saturated heterocycles. The predicted molar refractivity (Wildman–Crippen MR) is 68.0 cm³/mol. The molecule has 0 amide bonds. The van der Waals surface area contributed by atoms with Gasteiger partial charge in [0, 0.05) is 25.3 Å². The van der Waals surface area contributed by atoms with E-state index in [1.165, 1.54) is 6.42 Å². The molecule has 0 spiro atoms. The minimum atomic E-state index is 0.313. The van der Waals surface area contributed by atoms with Gasteiger partial charge in [-0.05, 0) is 45.6 Å². The molecule has 0 aliphatic carbocycles. The number of pyridine rings is 1. The quantitative estimate of drug-likeness (QED) is 0.837. The highest BCUT2D eigenvalue weighted by molar-refractivity contribution is 5.27. The lowest BCUT2D eigenvalue weighted by Crippen LogP contribution is -2.28. The number of likely N-dealkylation sites (N-methyl/N-ethyl adjacent to an activating group) is 1. The fourth-order valence-corrected chi connectivity index (χ4v) is 2.19. The molecule has 2 heterocycles. The van der Waals surface area contributed by atoms with Crippen LogP contribution in [0.25, 0.3) is 0 Å². The molecule has 0 saturated carbocycles. The van der Waals surface area contributed by atoms with E-state index >= 15 is 0 Å². The topological polar surface area (TPSA) is 39.6 Å². The zero-order valence-electron chi connectivity index (χ0n) is 10.7. The molecule has 1 fully saturated rings. The Labute approximate surface area is 103 Å². The SMILES string of the molecule is Cc1ccc(O)c(CN2CCCN(C)CC2)n1. The van der Waals surface area contributed by atoms with Crippen LogP contribution in [0.1, 0.15) is 17.8 Å². The second-order valence-corrected chi connectivity index (χ2v) is 4.85. The van der Waals surface area contributed by atoms with E-state index in [1.807, 2.05) is 13.0 Å². The molecule has 0 atom stereocenters. The maximum Gasteiger partial charge on any atom is 0.138 e. The first-order valence-corrected chi connectivity index (χ1v) is 6.21. The zero-order valence-corrected chi connectivity index (χ0v) is 10.7. The van der Waals surface area contributed by atoms with Crippen molar-refractivity contribution < 1.29 is 5.11 Å². The fourth-order valence-electron chi connectivity index (χ4n) is 2.19. The third-order valence-corrected chi connectivity index (χ3v) is 3.27. The molecule has 0 bridgehead atoms. The van der Waals surface area contributed by atoms with Gasteiger partial charge in [-0.3, -0.25) is 9.88 Å². The Morgan fingerprint density at radius 3 is 2.88 bits per heavy atom. The van der Waals surface area contributed by atoms with Crippen LogP contribution in [0.15, 0.2) is 12.1 Å². The fraction of sp³-hybridized carbons (Fsp3) is 0.615. The van der Waals surface area contributed by atoms with Crippen LogP contribution in [0, 0.1) is 6.92 Å². The Bertz CT molecular complexity index is 381. The summed E-state index contributed by atoms with van der Waals surface area (Å²) in [6.45, 7) is 7.09. The Morgan fingerprint density at radius 1 is 1.24 bits per heavy atom. The molecule has 1 N–H and O–H groups in total. The molecule has 1 aromatic heterocycles. The summed E-state index contributed by atoms with van der Waals surface area (Å²) in [4.78, 5) is 9.13. The van der Waals surface area contributed by atoms with Crippen LogP contribution in [0.5, 0.6) is 5.75 Å². The van der Waals surface area contributed by atoms with Crippen LogP contribution in [0.4, 0.5) is 0 Å². The standard InChI is InChI=1S/C13H21N3O/c1-11-4-5-13(17)12(14-11)10-16-7-3-6-15(2)8-9-16/h4-5,17H,3,6-10H2,1-2H3. The molecule has 2 rings (SSSR count). The van der Waals surface area contributed by atoms with Gasteiger partial charge in [0.05, 0.1) is 5.69 Å². The Kier molecular flexibility index (Phi) is 3.97. The van der Waals surface area contributed by atoms with Crippen LogP contribution < -0.4 is 0 Å². The number of rotatable bonds is 2. The summed E-state index contributed by atoms with van der Waals surface area (Å²) in [6, 6.07) is 3.58. The van der Waals surface area contributed by atoms with E-state index in [1.54, 1.807) is 6.07 Å². The molecule has 4 nitrogen and oxygen atoms in total. The number of nitrogens with zero attached hydrogens (tertiary/aromatic N) is 3. The van der Waals surface area contributed by atoms with Gasteiger partial charge in [-0.15, -0.1) is 0 Å². The van der Waals surface area contributed by atoms with Crippen LogP contribution in [0.3, 0.4) is 0 Å². The first kappa shape index (κ1) is 12.3. The first-order valence-electron chi connectivity index (χ1n) is 6.21. The number of aromatic hydroxyl groups is 1. The number of hydrogen-bond acceptors (Lipinski definition) is 4. The lowest BCUT2D eigenvalue weighted by Gasteiger charge is -2.20. The van der Waals surface area contributed by atoms with Crippen LogP contribution in [-0.4, -0.2) is 53.1 Å². The summed E-state index contributed by atoms with van der Waals surface area (Å²) in [5.74, 6) is 0.313. The molecule has 1 aliphatic rings. The molecule has 1 aliphatic heterocycles. The lowest BCUT2D eigenvalue weighted by molar-refractivity contribution is 0.262. The summed E-state index contributed by atoms with van der Waals surface area (Å²) in [6.07, 6.45) is 1.18. The van der Waals surface area contributed by atoms with Crippen molar-refractivity contribution in [3.63, 3.8) is 0 Å².